The van der Waals surface area contributed by atoms with Crippen LogP contribution in [0, 0.1) is 0 Å². The van der Waals surface area contributed by atoms with Gasteiger partial charge < -0.3 is 10.4 Å². The molecular formula is C8H11NO2S. The molecule has 0 saturated heterocycles. The monoisotopic (exact) mass is 185 g/mol. The van der Waals surface area contributed by atoms with Gasteiger partial charge in [0.05, 0.1) is 5.00 Å². The molecule has 12 heavy (non-hydrogen) atoms. The van der Waals surface area contributed by atoms with Crippen LogP contribution in [0.1, 0.15) is 12.8 Å². The maximum absolute atomic E-state index is 10.1. The summed E-state index contributed by atoms with van der Waals surface area (Å²) in [7, 11) is 0. The maximum atomic E-state index is 10.1. The van der Waals surface area contributed by atoms with E-state index in [1.165, 1.54) is 0 Å². The molecule has 0 aliphatic rings. The quantitative estimate of drug-likeness (QED) is 0.690. The van der Waals surface area contributed by atoms with Gasteiger partial charge in [-0.2, -0.15) is 0 Å². The summed E-state index contributed by atoms with van der Waals surface area (Å²) in [6, 6.07) is 3.94. The van der Waals surface area contributed by atoms with Crippen molar-refractivity contribution in [3.63, 3.8) is 0 Å². The molecule has 1 heterocycles. The third-order valence-electron chi connectivity index (χ3n) is 1.39. The van der Waals surface area contributed by atoms with Gasteiger partial charge in [0.1, 0.15) is 0 Å². The fraction of sp³-hybridized carbons (Fsp3) is 0.375. The molecule has 0 unspecified atom stereocenters. The molecule has 66 valence electrons. The fourth-order valence-corrected chi connectivity index (χ4v) is 1.48. The lowest BCUT2D eigenvalue weighted by atomic mass is 10.3. The summed E-state index contributed by atoms with van der Waals surface area (Å²) in [5.74, 6) is -0.733. The summed E-state index contributed by atoms with van der Waals surface area (Å²) in [4.78, 5) is 10.1. The molecule has 3 nitrogen and oxygen atoms in total. The molecule has 2 N–H and O–H groups in total. The Balaban J connectivity index is 2.07. The van der Waals surface area contributed by atoms with Crippen molar-refractivity contribution in [2.75, 3.05) is 11.9 Å². The largest absolute Gasteiger partial charge is 0.481 e. The van der Waals surface area contributed by atoms with Crippen LogP contribution >= 0.6 is 11.3 Å². The van der Waals surface area contributed by atoms with Crippen molar-refractivity contribution >= 4 is 22.3 Å². The molecule has 4 heteroatoms. The Morgan fingerprint density at radius 2 is 2.50 bits per heavy atom. The van der Waals surface area contributed by atoms with E-state index in [2.05, 4.69) is 5.32 Å². The van der Waals surface area contributed by atoms with Crippen LogP contribution in [-0.4, -0.2) is 17.6 Å². The highest BCUT2D eigenvalue weighted by Crippen LogP contribution is 2.14. The van der Waals surface area contributed by atoms with Crippen molar-refractivity contribution in [3.05, 3.63) is 17.5 Å². The van der Waals surface area contributed by atoms with Crippen molar-refractivity contribution in [2.45, 2.75) is 12.8 Å². The molecule has 0 radical (unpaired) electrons. The predicted molar refractivity (Wildman–Crippen MR) is 49.7 cm³/mol. The number of nitrogens with one attached hydrogen (secondary N) is 1. The first-order valence-electron chi connectivity index (χ1n) is 3.78. The minimum Gasteiger partial charge on any atom is -0.481 e. The molecule has 0 amide bonds. The number of hydrogen-bond acceptors (Lipinski definition) is 3. The van der Waals surface area contributed by atoms with Crippen LogP contribution in [0.2, 0.25) is 0 Å². The number of hydrogen-bond donors (Lipinski definition) is 2. The lowest BCUT2D eigenvalue weighted by Crippen LogP contribution is -2.03. The average Bonchev–Trinajstić information content (AvgIpc) is 2.49. The van der Waals surface area contributed by atoms with E-state index in [1.54, 1.807) is 11.3 Å². The topological polar surface area (TPSA) is 49.3 Å². The molecule has 0 spiro atoms. The third-order valence-corrected chi connectivity index (χ3v) is 2.22. The molecule has 1 aromatic heterocycles. The summed E-state index contributed by atoms with van der Waals surface area (Å²) >= 11 is 1.62. The van der Waals surface area contributed by atoms with Crippen LogP contribution in [-0.2, 0) is 4.79 Å². The van der Waals surface area contributed by atoms with Crippen molar-refractivity contribution in [2.24, 2.45) is 0 Å². The second-order valence-electron chi connectivity index (χ2n) is 2.40. The van der Waals surface area contributed by atoms with Crippen molar-refractivity contribution < 1.29 is 9.90 Å². The van der Waals surface area contributed by atoms with Crippen molar-refractivity contribution in [3.8, 4) is 0 Å². The van der Waals surface area contributed by atoms with Crippen LogP contribution in [0.15, 0.2) is 17.5 Å². The number of carboxylic acids is 1. The first kappa shape index (κ1) is 9.06. The number of anilines is 1. The molecule has 0 saturated carbocycles. The van der Waals surface area contributed by atoms with Gasteiger partial charge >= 0.3 is 5.97 Å². The molecule has 0 aromatic carbocycles. The van der Waals surface area contributed by atoms with Gasteiger partial charge in [-0.05, 0) is 23.9 Å². The second-order valence-corrected chi connectivity index (χ2v) is 3.35. The lowest BCUT2D eigenvalue weighted by molar-refractivity contribution is -0.137. The van der Waals surface area contributed by atoms with Gasteiger partial charge in [0.2, 0.25) is 0 Å². The lowest BCUT2D eigenvalue weighted by Gasteiger charge is -2.00. The summed E-state index contributed by atoms with van der Waals surface area (Å²) in [5, 5.41) is 14.6. The number of thiophene rings is 1. The van der Waals surface area contributed by atoms with Crippen molar-refractivity contribution in [1.29, 1.82) is 0 Å². The van der Waals surface area contributed by atoms with Gasteiger partial charge in [0, 0.05) is 13.0 Å². The van der Waals surface area contributed by atoms with E-state index in [0.717, 1.165) is 11.5 Å². The van der Waals surface area contributed by atoms with Gasteiger partial charge in [-0.15, -0.1) is 11.3 Å². The standard InChI is InChI=1S/C8H11NO2S/c10-8(11)4-1-5-9-7-3-2-6-12-7/h2-3,6,9H,1,4-5H2,(H,10,11). The average molecular weight is 185 g/mol. The zero-order valence-corrected chi connectivity index (χ0v) is 7.43. The van der Waals surface area contributed by atoms with E-state index < -0.39 is 5.97 Å². The first-order valence-corrected chi connectivity index (χ1v) is 4.66. The number of carboxylic acid groups (broad SMARTS) is 1. The maximum Gasteiger partial charge on any atom is 0.303 e. The first-order chi connectivity index (χ1) is 5.79. The summed E-state index contributed by atoms with van der Waals surface area (Å²) in [5.41, 5.74) is 0. The van der Waals surface area contributed by atoms with Gasteiger partial charge in [-0.3, -0.25) is 4.79 Å². The molecule has 0 aliphatic carbocycles. The molecule has 0 fully saturated rings. The van der Waals surface area contributed by atoms with Gasteiger partial charge in [-0.25, -0.2) is 0 Å². The smallest absolute Gasteiger partial charge is 0.303 e. The van der Waals surface area contributed by atoms with Crippen LogP contribution in [0.4, 0.5) is 5.00 Å². The Kier molecular flexibility index (Phi) is 3.60. The van der Waals surface area contributed by atoms with E-state index in [0.29, 0.717) is 6.42 Å². The van der Waals surface area contributed by atoms with Crippen LogP contribution in [0.5, 0.6) is 0 Å². The Labute approximate surface area is 75.0 Å². The van der Waals surface area contributed by atoms with E-state index in [1.807, 2.05) is 17.5 Å². The molecule has 0 aliphatic heterocycles. The van der Waals surface area contributed by atoms with E-state index >= 15 is 0 Å². The van der Waals surface area contributed by atoms with Crippen LogP contribution in [0.25, 0.3) is 0 Å². The number of aliphatic carboxylic acids is 1. The van der Waals surface area contributed by atoms with E-state index in [4.69, 9.17) is 5.11 Å². The summed E-state index contributed by atoms with van der Waals surface area (Å²) in [6.45, 7) is 0.729. The molecular weight excluding hydrogens is 174 g/mol. The third kappa shape index (κ3) is 3.39. The SMILES string of the molecule is O=C(O)CCCNc1cccs1. The van der Waals surface area contributed by atoms with E-state index in [9.17, 15) is 4.79 Å². The molecule has 1 rings (SSSR count). The normalized spacial score (nSPS) is 9.67. The van der Waals surface area contributed by atoms with Gasteiger partial charge in [0.25, 0.3) is 0 Å². The predicted octanol–water partition coefficient (Wildman–Crippen LogP) is 2.02. The van der Waals surface area contributed by atoms with E-state index in [-0.39, 0.29) is 6.42 Å². The highest BCUT2D eigenvalue weighted by atomic mass is 32.1. The zero-order chi connectivity index (χ0) is 8.81. The van der Waals surface area contributed by atoms with Crippen molar-refractivity contribution in [1.82, 2.24) is 0 Å². The van der Waals surface area contributed by atoms with Gasteiger partial charge in [-0.1, -0.05) is 0 Å². The minimum atomic E-state index is -0.733. The zero-order valence-electron chi connectivity index (χ0n) is 6.62. The summed E-state index contributed by atoms with van der Waals surface area (Å²) < 4.78 is 0. The Bertz CT molecular complexity index is 233. The van der Waals surface area contributed by atoms with Crippen LogP contribution < -0.4 is 5.32 Å². The molecule has 0 atom stereocenters. The Morgan fingerprint density at radius 1 is 1.67 bits per heavy atom. The fourth-order valence-electron chi connectivity index (χ4n) is 0.830. The Morgan fingerprint density at radius 3 is 3.08 bits per heavy atom. The minimum absolute atomic E-state index is 0.234. The molecule has 1 aromatic rings. The Hall–Kier alpha value is -1.03. The summed E-state index contributed by atoms with van der Waals surface area (Å²) in [6.07, 6.45) is 0.908. The van der Waals surface area contributed by atoms with Gasteiger partial charge in [0.15, 0.2) is 0 Å². The van der Waals surface area contributed by atoms with Crippen LogP contribution in [0.3, 0.4) is 0 Å². The highest BCUT2D eigenvalue weighted by Gasteiger charge is 1.96. The number of rotatable bonds is 5. The second kappa shape index (κ2) is 4.77. The number of carbonyl (C=O) groups is 1. The highest BCUT2D eigenvalue weighted by molar-refractivity contribution is 7.14. The molecule has 0 bridgehead atoms.